The Morgan fingerprint density at radius 2 is 2.58 bits per heavy atom. The minimum Gasteiger partial charge on any atom is -0.245 e. The smallest absolute Gasteiger partial charge is 0.111 e. The van der Waals surface area contributed by atoms with Crippen LogP contribution in [0.25, 0.3) is 0 Å². The van der Waals surface area contributed by atoms with Gasteiger partial charge in [0, 0.05) is 11.3 Å². The molecule has 0 aliphatic carbocycles. The van der Waals surface area contributed by atoms with E-state index in [-0.39, 0.29) is 5.92 Å². The van der Waals surface area contributed by atoms with Crippen molar-refractivity contribution in [1.29, 1.82) is 5.26 Å². The Kier molecular flexibility index (Phi) is 3.51. The van der Waals surface area contributed by atoms with Crippen LogP contribution in [-0.4, -0.2) is 10.9 Å². The molecular weight excluding hydrogens is 192 g/mol. The van der Waals surface area contributed by atoms with Crippen LogP contribution in [0.3, 0.4) is 0 Å². The monoisotopic (exact) mass is 200 g/mol. The summed E-state index contributed by atoms with van der Waals surface area (Å²) < 4.78 is 0. The largest absolute Gasteiger partial charge is 0.245 e. The van der Waals surface area contributed by atoms with Crippen molar-refractivity contribution in [2.24, 2.45) is 0 Å². The van der Waals surface area contributed by atoms with Crippen molar-refractivity contribution in [3.05, 3.63) is 16.1 Å². The second kappa shape index (κ2) is 4.44. The SMILES string of the molecule is CCc1csc(C(C#N)CCl)n1. The van der Waals surface area contributed by atoms with Gasteiger partial charge in [0.2, 0.25) is 0 Å². The van der Waals surface area contributed by atoms with Gasteiger partial charge in [-0.2, -0.15) is 5.26 Å². The third-order valence-corrected chi connectivity index (χ3v) is 2.86. The predicted molar refractivity (Wildman–Crippen MR) is 50.6 cm³/mol. The van der Waals surface area contributed by atoms with E-state index >= 15 is 0 Å². The average Bonchev–Trinajstić information content (AvgIpc) is 2.55. The van der Waals surface area contributed by atoms with E-state index in [0.29, 0.717) is 5.88 Å². The first kappa shape index (κ1) is 9.50. The molecule has 0 saturated carbocycles. The fraction of sp³-hybridized carbons (Fsp3) is 0.500. The van der Waals surface area contributed by atoms with Gasteiger partial charge in [-0.25, -0.2) is 4.98 Å². The number of hydrogen-bond donors (Lipinski definition) is 0. The highest BCUT2D eigenvalue weighted by molar-refractivity contribution is 7.09. The van der Waals surface area contributed by atoms with E-state index in [2.05, 4.69) is 11.1 Å². The Balaban J connectivity index is 2.81. The van der Waals surface area contributed by atoms with Gasteiger partial charge in [-0.3, -0.25) is 0 Å². The van der Waals surface area contributed by atoms with Crippen molar-refractivity contribution >= 4 is 22.9 Å². The van der Waals surface area contributed by atoms with Crippen LogP contribution in [0.4, 0.5) is 0 Å². The van der Waals surface area contributed by atoms with Crippen LogP contribution in [0.15, 0.2) is 5.38 Å². The fourth-order valence-electron chi connectivity index (χ4n) is 0.801. The van der Waals surface area contributed by atoms with E-state index in [1.165, 1.54) is 11.3 Å². The van der Waals surface area contributed by atoms with Crippen LogP contribution < -0.4 is 0 Å². The van der Waals surface area contributed by atoms with Gasteiger partial charge in [-0.1, -0.05) is 6.92 Å². The first-order chi connectivity index (χ1) is 5.81. The number of alkyl halides is 1. The number of aryl methyl sites for hydroxylation is 1. The lowest BCUT2D eigenvalue weighted by Gasteiger charge is -1.97. The number of nitriles is 1. The Morgan fingerprint density at radius 3 is 3.00 bits per heavy atom. The molecule has 0 aliphatic heterocycles. The molecule has 0 spiro atoms. The summed E-state index contributed by atoms with van der Waals surface area (Å²) in [6.45, 7) is 2.04. The molecule has 0 fully saturated rings. The van der Waals surface area contributed by atoms with Gasteiger partial charge in [0.05, 0.1) is 11.8 Å². The highest BCUT2D eigenvalue weighted by Gasteiger charge is 2.12. The molecule has 0 N–H and O–H groups in total. The molecule has 0 radical (unpaired) electrons. The molecule has 12 heavy (non-hydrogen) atoms. The predicted octanol–water partition coefficient (Wildman–Crippen LogP) is 2.55. The second-order valence-corrected chi connectivity index (χ2v) is 3.56. The quantitative estimate of drug-likeness (QED) is 0.704. The van der Waals surface area contributed by atoms with Crippen molar-refractivity contribution < 1.29 is 0 Å². The molecular formula is C8H9ClN2S. The molecule has 64 valence electrons. The standard InChI is InChI=1S/C8H9ClN2S/c1-2-7-5-12-8(11-7)6(3-9)4-10/h5-6H,2-3H2,1H3. The Morgan fingerprint density at radius 1 is 1.83 bits per heavy atom. The van der Waals surface area contributed by atoms with Gasteiger partial charge >= 0.3 is 0 Å². The normalized spacial score (nSPS) is 12.4. The molecule has 1 unspecified atom stereocenters. The van der Waals surface area contributed by atoms with Gasteiger partial charge < -0.3 is 0 Å². The Labute approximate surface area is 80.8 Å². The van der Waals surface area contributed by atoms with Crippen LogP contribution in [-0.2, 0) is 6.42 Å². The van der Waals surface area contributed by atoms with Crippen molar-refractivity contribution in [2.75, 3.05) is 5.88 Å². The summed E-state index contributed by atoms with van der Waals surface area (Å²) in [4.78, 5) is 4.28. The molecule has 2 nitrogen and oxygen atoms in total. The van der Waals surface area contributed by atoms with E-state index in [0.717, 1.165) is 17.1 Å². The van der Waals surface area contributed by atoms with Crippen LogP contribution in [0, 0.1) is 11.3 Å². The van der Waals surface area contributed by atoms with E-state index in [1.807, 2.05) is 12.3 Å². The molecule has 0 saturated heterocycles. The molecule has 4 heteroatoms. The molecule has 1 rings (SSSR count). The molecule has 1 atom stereocenters. The van der Waals surface area contributed by atoms with Crippen molar-refractivity contribution in [2.45, 2.75) is 19.3 Å². The first-order valence-electron chi connectivity index (χ1n) is 3.71. The average molecular weight is 201 g/mol. The van der Waals surface area contributed by atoms with Gasteiger partial charge in [-0.15, -0.1) is 22.9 Å². The number of hydrogen-bond acceptors (Lipinski definition) is 3. The zero-order chi connectivity index (χ0) is 8.97. The number of aromatic nitrogens is 1. The van der Waals surface area contributed by atoms with Crippen LogP contribution >= 0.6 is 22.9 Å². The summed E-state index contributed by atoms with van der Waals surface area (Å²) in [5.41, 5.74) is 1.04. The summed E-state index contributed by atoms with van der Waals surface area (Å²) in [6.07, 6.45) is 0.914. The van der Waals surface area contributed by atoms with Gasteiger partial charge in [0.1, 0.15) is 10.9 Å². The number of thiazole rings is 1. The molecule has 0 aliphatic rings. The zero-order valence-corrected chi connectivity index (χ0v) is 8.32. The topological polar surface area (TPSA) is 36.7 Å². The van der Waals surface area contributed by atoms with E-state index in [4.69, 9.17) is 16.9 Å². The van der Waals surface area contributed by atoms with E-state index in [9.17, 15) is 0 Å². The van der Waals surface area contributed by atoms with Crippen LogP contribution in [0.1, 0.15) is 23.5 Å². The lowest BCUT2D eigenvalue weighted by Crippen LogP contribution is -1.96. The third-order valence-electron chi connectivity index (χ3n) is 1.54. The Bertz CT molecular complexity index is 289. The maximum Gasteiger partial charge on any atom is 0.111 e. The third kappa shape index (κ3) is 1.96. The minimum absolute atomic E-state index is 0.239. The van der Waals surface area contributed by atoms with Crippen LogP contribution in [0.2, 0.25) is 0 Å². The van der Waals surface area contributed by atoms with Crippen molar-refractivity contribution in [3.63, 3.8) is 0 Å². The molecule has 0 amide bonds. The molecule has 1 aromatic rings. The maximum atomic E-state index is 8.69. The molecule has 0 aromatic carbocycles. The van der Waals surface area contributed by atoms with Crippen molar-refractivity contribution in [1.82, 2.24) is 4.98 Å². The van der Waals surface area contributed by atoms with Gasteiger partial charge in [-0.05, 0) is 6.42 Å². The number of halogens is 1. The van der Waals surface area contributed by atoms with E-state index < -0.39 is 0 Å². The fourth-order valence-corrected chi connectivity index (χ4v) is 2.05. The lowest BCUT2D eigenvalue weighted by atomic mass is 10.2. The van der Waals surface area contributed by atoms with Gasteiger partial charge in [0.15, 0.2) is 0 Å². The molecule has 1 heterocycles. The summed E-state index contributed by atoms with van der Waals surface area (Å²) in [5, 5.41) is 11.5. The minimum atomic E-state index is -0.239. The molecule has 1 aromatic heterocycles. The summed E-state index contributed by atoms with van der Waals surface area (Å²) in [5.74, 6) is 0.0876. The first-order valence-corrected chi connectivity index (χ1v) is 5.13. The number of nitrogens with zero attached hydrogens (tertiary/aromatic N) is 2. The van der Waals surface area contributed by atoms with Gasteiger partial charge in [0.25, 0.3) is 0 Å². The number of rotatable bonds is 3. The summed E-state index contributed by atoms with van der Waals surface area (Å²) >= 11 is 7.11. The summed E-state index contributed by atoms with van der Waals surface area (Å²) in [6, 6.07) is 2.12. The highest BCUT2D eigenvalue weighted by Crippen LogP contribution is 2.20. The van der Waals surface area contributed by atoms with Crippen molar-refractivity contribution in [3.8, 4) is 6.07 Å². The zero-order valence-electron chi connectivity index (χ0n) is 6.75. The highest BCUT2D eigenvalue weighted by atomic mass is 35.5. The summed E-state index contributed by atoms with van der Waals surface area (Å²) in [7, 11) is 0. The Hall–Kier alpha value is -0.590. The molecule has 0 bridgehead atoms. The van der Waals surface area contributed by atoms with E-state index in [1.54, 1.807) is 0 Å². The van der Waals surface area contributed by atoms with Crippen LogP contribution in [0.5, 0.6) is 0 Å². The lowest BCUT2D eigenvalue weighted by molar-refractivity contribution is 0.935. The second-order valence-electron chi connectivity index (χ2n) is 2.37. The maximum absolute atomic E-state index is 8.69.